The first-order chi connectivity index (χ1) is 7.16. The summed E-state index contributed by atoms with van der Waals surface area (Å²) in [6, 6.07) is 0. The molecule has 5 heteroatoms. The Labute approximate surface area is 90.7 Å². The largest absolute Gasteiger partial charge is 0.478 e. The summed E-state index contributed by atoms with van der Waals surface area (Å²) >= 11 is 0. The van der Waals surface area contributed by atoms with Crippen LogP contribution in [0.25, 0.3) is 0 Å². The molecule has 0 heterocycles. The van der Waals surface area contributed by atoms with Crippen molar-refractivity contribution in [3.8, 4) is 0 Å². The van der Waals surface area contributed by atoms with Crippen LogP contribution < -0.4 is 5.32 Å². The van der Waals surface area contributed by atoms with E-state index in [9.17, 15) is 4.79 Å². The minimum absolute atomic E-state index is 0.588. The molecule has 0 rings (SSSR count). The molecule has 0 saturated carbocycles. The lowest BCUT2D eigenvalue weighted by Gasteiger charge is -2.15. The third-order valence-electron chi connectivity index (χ3n) is 1.87. The maximum absolute atomic E-state index is 10.1. The van der Waals surface area contributed by atoms with Gasteiger partial charge in [0.05, 0.1) is 6.61 Å². The summed E-state index contributed by atoms with van der Waals surface area (Å²) in [6.07, 6.45) is 2.74. The maximum atomic E-state index is 10.1. The van der Waals surface area contributed by atoms with Gasteiger partial charge >= 0.3 is 5.97 Å². The van der Waals surface area contributed by atoms with Crippen molar-refractivity contribution in [3.63, 3.8) is 0 Å². The molecule has 2 N–H and O–H groups in total. The molecule has 0 aromatic carbocycles. The Hall–Kier alpha value is -0.910. The molecule has 0 unspecified atom stereocenters. The fourth-order valence-electron chi connectivity index (χ4n) is 0.974. The molecule has 0 saturated heterocycles. The second kappa shape index (κ2) is 9.64. The molecule has 0 aliphatic carbocycles. The fraction of sp³-hybridized carbons (Fsp3) is 0.700. The number of hydrogen-bond acceptors (Lipinski definition) is 4. The number of ether oxygens (including phenoxy) is 1. The van der Waals surface area contributed by atoms with Crippen molar-refractivity contribution in [2.75, 3.05) is 46.9 Å². The zero-order valence-corrected chi connectivity index (χ0v) is 9.40. The first-order valence-corrected chi connectivity index (χ1v) is 4.94. The number of carbonyl (C=O) groups is 1. The lowest BCUT2D eigenvalue weighted by Crippen LogP contribution is -2.31. The lowest BCUT2D eigenvalue weighted by molar-refractivity contribution is -0.131. The van der Waals surface area contributed by atoms with Crippen molar-refractivity contribution >= 4 is 5.97 Å². The van der Waals surface area contributed by atoms with Gasteiger partial charge in [-0.05, 0) is 7.05 Å². The predicted octanol–water partition coefficient (Wildman–Crippen LogP) is -0.205. The van der Waals surface area contributed by atoms with Crippen molar-refractivity contribution in [1.82, 2.24) is 10.2 Å². The van der Waals surface area contributed by atoms with E-state index in [0.29, 0.717) is 6.54 Å². The second-order valence-electron chi connectivity index (χ2n) is 3.24. The third kappa shape index (κ3) is 11.0. The number of hydrogen-bond donors (Lipinski definition) is 2. The normalized spacial score (nSPS) is 11.4. The van der Waals surface area contributed by atoms with Gasteiger partial charge in [-0.25, -0.2) is 4.79 Å². The maximum Gasteiger partial charge on any atom is 0.328 e. The molecule has 0 aliphatic heterocycles. The molecule has 0 fully saturated rings. The summed E-state index contributed by atoms with van der Waals surface area (Å²) in [5.74, 6) is -0.908. The second-order valence-corrected chi connectivity index (χ2v) is 3.24. The number of nitrogens with zero attached hydrogens (tertiary/aromatic N) is 1. The van der Waals surface area contributed by atoms with Crippen LogP contribution in [0.2, 0.25) is 0 Å². The van der Waals surface area contributed by atoms with Crippen LogP contribution in [-0.4, -0.2) is 62.9 Å². The van der Waals surface area contributed by atoms with E-state index in [-0.39, 0.29) is 0 Å². The number of carboxylic acids is 1. The topological polar surface area (TPSA) is 61.8 Å². The Morgan fingerprint density at radius 2 is 2.27 bits per heavy atom. The van der Waals surface area contributed by atoms with Crippen molar-refractivity contribution in [2.45, 2.75) is 0 Å². The van der Waals surface area contributed by atoms with E-state index in [1.807, 2.05) is 7.05 Å². The van der Waals surface area contributed by atoms with Crippen LogP contribution in [-0.2, 0) is 9.53 Å². The van der Waals surface area contributed by atoms with E-state index < -0.39 is 5.97 Å². The summed E-state index contributed by atoms with van der Waals surface area (Å²) in [6.45, 7) is 3.98. The van der Waals surface area contributed by atoms with Crippen LogP contribution in [0.4, 0.5) is 0 Å². The van der Waals surface area contributed by atoms with Gasteiger partial charge in [0.15, 0.2) is 0 Å². The van der Waals surface area contributed by atoms with Gasteiger partial charge in [0.1, 0.15) is 0 Å². The lowest BCUT2D eigenvalue weighted by atomic mass is 10.4. The Balaban J connectivity index is 3.26. The first-order valence-electron chi connectivity index (χ1n) is 4.94. The fourth-order valence-corrected chi connectivity index (χ4v) is 0.974. The van der Waals surface area contributed by atoms with Gasteiger partial charge in [-0.15, -0.1) is 0 Å². The number of aliphatic carboxylic acids is 1. The van der Waals surface area contributed by atoms with Gasteiger partial charge in [-0.2, -0.15) is 0 Å². The van der Waals surface area contributed by atoms with Crippen LogP contribution in [0.1, 0.15) is 0 Å². The molecular formula is C10H20N2O3. The summed E-state index contributed by atoms with van der Waals surface area (Å²) in [5.41, 5.74) is 0. The van der Waals surface area contributed by atoms with Crippen molar-refractivity contribution in [1.29, 1.82) is 0 Å². The van der Waals surface area contributed by atoms with Crippen LogP contribution in [0.3, 0.4) is 0 Å². The van der Waals surface area contributed by atoms with Crippen molar-refractivity contribution in [2.24, 2.45) is 0 Å². The molecule has 0 aromatic rings. The SMILES string of the molecule is COCCN(C)CCNC/C=C/C(=O)O. The van der Waals surface area contributed by atoms with Gasteiger partial charge in [0.25, 0.3) is 0 Å². The Morgan fingerprint density at radius 1 is 1.53 bits per heavy atom. The zero-order chi connectivity index (χ0) is 11.5. The molecule has 0 amide bonds. The molecule has 0 atom stereocenters. The minimum atomic E-state index is -0.908. The van der Waals surface area contributed by atoms with Crippen LogP contribution in [0.15, 0.2) is 12.2 Å². The molecule has 0 aromatic heterocycles. The summed E-state index contributed by atoms with van der Waals surface area (Å²) < 4.78 is 4.95. The van der Waals surface area contributed by atoms with Crippen LogP contribution in [0, 0.1) is 0 Å². The standard InChI is InChI=1S/C10H20N2O3/c1-12(8-9-15-2)7-6-11-5-3-4-10(13)14/h3-4,11H,5-9H2,1-2H3,(H,13,14)/b4-3+. The molecule has 0 aliphatic rings. The van der Waals surface area contributed by atoms with Gasteiger partial charge < -0.3 is 20.1 Å². The third-order valence-corrected chi connectivity index (χ3v) is 1.87. The molecular weight excluding hydrogens is 196 g/mol. The monoisotopic (exact) mass is 216 g/mol. The number of methoxy groups -OCH3 is 1. The molecule has 5 nitrogen and oxygen atoms in total. The smallest absolute Gasteiger partial charge is 0.328 e. The molecule has 88 valence electrons. The van der Waals surface area contributed by atoms with Crippen LogP contribution in [0.5, 0.6) is 0 Å². The van der Waals surface area contributed by atoms with Gasteiger partial charge in [0.2, 0.25) is 0 Å². The number of likely N-dealkylation sites (N-methyl/N-ethyl adjacent to an activating group) is 1. The van der Waals surface area contributed by atoms with E-state index >= 15 is 0 Å². The highest BCUT2D eigenvalue weighted by molar-refractivity contribution is 5.79. The highest BCUT2D eigenvalue weighted by atomic mass is 16.5. The predicted molar refractivity (Wildman–Crippen MR) is 59.0 cm³/mol. The number of carboxylic acid groups (broad SMARTS) is 1. The highest BCUT2D eigenvalue weighted by Crippen LogP contribution is 1.80. The molecule has 0 radical (unpaired) electrons. The Bertz CT molecular complexity index is 195. The van der Waals surface area contributed by atoms with E-state index in [1.165, 1.54) is 0 Å². The number of nitrogens with one attached hydrogen (secondary N) is 1. The molecule has 0 bridgehead atoms. The number of rotatable bonds is 9. The highest BCUT2D eigenvalue weighted by Gasteiger charge is 1.95. The van der Waals surface area contributed by atoms with Gasteiger partial charge in [0, 0.05) is 39.4 Å². The first kappa shape index (κ1) is 14.1. The van der Waals surface area contributed by atoms with E-state index in [0.717, 1.165) is 32.3 Å². The Morgan fingerprint density at radius 3 is 2.87 bits per heavy atom. The quantitative estimate of drug-likeness (QED) is 0.413. The Kier molecular flexibility index (Phi) is 9.05. The van der Waals surface area contributed by atoms with E-state index in [2.05, 4.69) is 10.2 Å². The van der Waals surface area contributed by atoms with Gasteiger partial charge in [-0.1, -0.05) is 6.08 Å². The van der Waals surface area contributed by atoms with Crippen molar-refractivity contribution in [3.05, 3.63) is 12.2 Å². The molecule has 0 spiro atoms. The van der Waals surface area contributed by atoms with Crippen LogP contribution >= 0.6 is 0 Å². The summed E-state index contributed by atoms with van der Waals surface area (Å²) in [7, 11) is 3.70. The average Bonchev–Trinajstić information content (AvgIpc) is 2.19. The van der Waals surface area contributed by atoms with E-state index in [1.54, 1.807) is 13.2 Å². The van der Waals surface area contributed by atoms with E-state index in [4.69, 9.17) is 9.84 Å². The van der Waals surface area contributed by atoms with Crippen molar-refractivity contribution < 1.29 is 14.6 Å². The average molecular weight is 216 g/mol. The zero-order valence-electron chi connectivity index (χ0n) is 9.40. The summed E-state index contributed by atoms with van der Waals surface area (Å²) in [5, 5.41) is 11.4. The summed E-state index contributed by atoms with van der Waals surface area (Å²) in [4.78, 5) is 12.3. The molecule has 15 heavy (non-hydrogen) atoms. The van der Waals surface area contributed by atoms with Gasteiger partial charge in [-0.3, -0.25) is 0 Å². The minimum Gasteiger partial charge on any atom is -0.478 e.